The molecule has 72 valence electrons. The third-order valence-corrected chi connectivity index (χ3v) is 3.47. The van der Waals surface area contributed by atoms with E-state index in [1.807, 2.05) is 0 Å². The summed E-state index contributed by atoms with van der Waals surface area (Å²) in [5.74, 6) is 4.14. The van der Waals surface area contributed by atoms with Gasteiger partial charge in [-0.3, -0.25) is 4.90 Å². The smallest absolute Gasteiger partial charge is 0.110 e. The Bertz CT molecular complexity index is 221. The van der Waals surface area contributed by atoms with E-state index in [0.717, 1.165) is 18.9 Å². The summed E-state index contributed by atoms with van der Waals surface area (Å²) in [4.78, 5) is 2.40. The fourth-order valence-corrected chi connectivity index (χ4v) is 2.63. The van der Waals surface area contributed by atoms with Crippen molar-refractivity contribution in [2.45, 2.75) is 25.5 Å². The van der Waals surface area contributed by atoms with Crippen molar-refractivity contribution < 1.29 is 4.74 Å². The Kier molecular flexibility index (Phi) is 2.57. The predicted molar refractivity (Wildman–Crippen MR) is 52.0 cm³/mol. The average Bonchev–Trinajstić information content (AvgIpc) is 2.47. The molecule has 0 aromatic heterocycles. The summed E-state index contributed by atoms with van der Waals surface area (Å²) in [6.45, 7) is 2.21. The fraction of sp³-hybridized carbons (Fsp3) is 0.818. The molecule has 4 atom stereocenters. The van der Waals surface area contributed by atoms with Crippen LogP contribution in [0.2, 0.25) is 0 Å². The van der Waals surface area contributed by atoms with Gasteiger partial charge in [0.1, 0.15) is 6.23 Å². The van der Waals surface area contributed by atoms with Crippen molar-refractivity contribution in [3.05, 3.63) is 0 Å². The zero-order chi connectivity index (χ0) is 9.26. The van der Waals surface area contributed by atoms with Crippen LogP contribution in [0.4, 0.5) is 0 Å². The van der Waals surface area contributed by atoms with Gasteiger partial charge < -0.3 is 4.74 Å². The average molecular weight is 179 g/mol. The second kappa shape index (κ2) is 3.69. The van der Waals surface area contributed by atoms with Gasteiger partial charge in [-0.2, -0.15) is 0 Å². The number of hydrogen-bond acceptors (Lipinski definition) is 2. The largest absolute Gasteiger partial charge is 0.366 e. The molecule has 0 radical (unpaired) electrons. The maximum absolute atomic E-state index is 5.53. The van der Waals surface area contributed by atoms with Crippen LogP contribution in [-0.4, -0.2) is 31.3 Å². The Hall–Kier alpha value is -0.520. The zero-order valence-corrected chi connectivity index (χ0v) is 8.20. The van der Waals surface area contributed by atoms with Gasteiger partial charge in [-0.1, -0.05) is 0 Å². The van der Waals surface area contributed by atoms with E-state index in [4.69, 9.17) is 11.2 Å². The minimum Gasteiger partial charge on any atom is -0.366 e. The third kappa shape index (κ3) is 1.59. The van der Waals surface area contributed by atoms with Crippen molar-refractivity contribution in [3.63, 3.8) is 0 Å². The summed E-state index contributed by atoms with van der Waals surface area (Å²) >= 11 is 0. The van der Waals surface area contributed by atoms with Crippen LogP contribution < -0.4 is 0 Å². The number of fused-ring (bicyclic) bond motifs is 4. The lowest BCUT2D eigenvalue weighted by molar-refractivity contribution is -0.0376. The molecule has 3 rings (SSSR count). The van der Waals surface area contributed by atoms with E-state index < -0.39 is 0 Å². The van der Waals surface area contributed by atoms with Gasteiger partial charge in [-0.05, 0) is 25.2 Å². The van der Waals surface area contributed by atoms with Gasteiger partial charge >= 0.3 is 0 Å². The first-order chi connectivity index (χ1) is 6.35. The molecule has 0 aromatic rings. The highest BCUT2D eigenvalue weighted by Gasteiger charge is 2.35. The molecule has 0 aliphatic carbocycles. The molecule has 3 saturated heterocycles. The Morgan fingerprint density at radius 1 is 1.38 bits per heavy atom. The lowest BCUT2D eigenvalue weighted by Gasteiger charge is -2.34. The van der Waals surface area contributed by atoms with Crippen LogP contribution in [0.25, 0.3) is 0 Å². The quantitative estimate of drug-likeness (QED) is 0.563. The number of piperidine rings is 1. The Morgan fingerprint density at radius 3 is 2.92 bits per heavy atom. The predicted octanol–water partition coefficient (Wildman–Crippen LogP) is 1.32. The fourth-order valence-electron chi connectivity index (χ4n) is 2.63. The first-order valence-electron chi connectivity index (χ1n) is 5.08. The van der Waals surface area contributed by atoms with Crippen LogP contribution in [-0.2, 0) is 4.74 Å². The zero-order valence-electron chi connectivity index (χ0n) is 8.20. The topological polar surface area (TPSA) is 12.5 Å². The molecule has 0 saturated carbocycles. The molecule has 0 aromatic carbocycles. The number of rotatable bonds is 1. The molecule has 2 heteroatoms. The molecule has 3 aliphatic rings. The summed E-state index contributed by atoms with van der Waals surface area (Å²) in [5, 5.41) is 0. The van der Waals surface area contributed by atoms with Crippen LogP contribution in [0.1, 0.15) is 19.3 Å². The first kappa shape index (κ1) is 9.05. The van der Waals surface area contributed by atoms with E-state index in [9.17, 15) is 0 Å². The molecular weight excluding hydrogens is 162 g/mol. The van der Waals surface area contributed by atoms with E-state index >= 15 is 0 Å². The van der Waals surface area contributed by atoms with Crippen molar-refractivity contribution in [2.75, 3.05) is 20.2 Å². The maximum Gasteiger partial charge on any atom is 0.110 e. The molecular formula is C11H17NO. The van der Waals surface area contributed by atoms with Crippen LogP contribution in [0.3, 0.4) is 0 Å². The van der Waals surface area contributed by atoms with E-state index in [1.165, 1.54) is 19.4 Å². The van der Waals surface area contributed by atoms with Gasteiger partial charge in [0.15, 0.2) is 0 Å². The van der Waals surface area contributed by atoms with E-state index in [2.05, 4.69) is 10.8 Å². The normalized spacial score (nSPS) is 44.0. The van der Waals surface area contributed by atoms with Crippen molar-refractivity contribution in [2.24, 2.45) is 11.8 Å². The summed E-state index contributed by atoms with van der Waals surface area (Å²) in [6.07, 6.45) is 9.50. The highest BCUT2D eigenvalue weighted by atomic mass is 16.5. The third-order valence-electron chi connectivity index (χ3n) is 3.47. The lowest BCUT2D eigenvalue weighted by Crippen LogP contribution is -2.42. The molecule has 3 aliphatic heterocycles. The van der Waals surface area contributed by atoms with Crippen molar-refractivity contribution >= 4 is 0 Å². The Labute approximate surface area is 80.2 Å². The monoisotopic (exact) mass is 179 g/mol. The molecule has 2 nitrogen and oxygen atoms in total. The lowest BCUT2D eigenvalue weighted by atomic mass is 9.85. The number of terminal acetylenes is 1. The molecule has 0 amide bonds. The van der Waals surface area contributed by atoms with Gasteiger partial charge in [-0.15, -0.1) is 12.3 Å². The second-order valence-corrected chi connectivity index (χ2v) is 4.08. The summed E-state index contributed by atoms with van der Waals surface area (Å²) in [7, 11) is 1.80. The van der Waals surface area contributed by atoms with E-state index in [1.54, 1.807) is 7.11 Å². The summed E-state index contributed by atoms with van der Waals surface area (Å²) < 4.78 is 5.45. The van der Waals surface area contributed by atoms with Crippen LogP contribution in [0.15, 0.2) is 0 Å². The van der Waals surface area contributed by atoms with E-state index in [0.29, 0.717) is 12.1 Å². The Morgan fingerprint density at radius 2 is 2.23 bits per heavy atom. The maximum atomic E-state index is 5.53. The van der Waals surface area contributed by atoms with Crippen molar-refractivity contribution in [1.82, 2.24) is 4.90 Å². The summed E-state index contributed by atoms with van der Waals surface area (Å²) in [6, 6.07) is 0. The first-order valence-corrected chi connectivity index (χ1v) is 5.08. The van der Waals surface area contributed by atoms with Crippen molar-refractivity contribution in [1.29, 1.82) is 0 Å². The number of nitrogens with zero attached hydrogens (tertiary/aromatic N) is 1. The minimum atomic E-state index is 0.323. The van der Waals surface area contributed by atoms with Crippen molar-refractivity contribution in [3.8, 4) is 12.3 Å². The molecule has 3 heterocycles. The molecule has 0 spiro atoms. The standard InChI is InChI=1S/C11H17NO/c1-3-9-8-12-7-6-10(9)4-5-11(12)13-2/h1,9-11H,4-8H2,2H3/t9-,10+,11+/m0/s1. The van der Waals surface area contributed by atoms with E-state index in [-0.39, 0.29) is 0 Å². The molecule has 2 bridgehead atoms. The van der Waals surface area contributed by atoms with Crippen LogP contribution in [0.5, 0.6) is 0 Å². The highest BCUT2D eigenvalue weighted by molar-refractivity contribution is 5.02. The van der Waals surface area contributed by atoms with Gasteiger partial charge in [-0.25, -0.2) is 0 Å². The molecule has 3 fully saturated rings. The molecule has 1 unspecified atom stereocenters. The molecule has 0 N–H and O–H groups in total. The highest BCUT2D eigenvalue weighted by Crippen LogP contribution is 2.34. The molecule has 13 heavy (non-hydrogen) atoms. The minimum absolute atomic E-state index is 0.323. The Balaban J connectivity index is 2.11. The van der Waals surface area contributed by atoms with Gasteiger partial charge in [0.2, 0.25) is 0 Å². The SMILES string of the molecule is C#C[C@H]1CN2CC[C@H]1CC[C@H]2OC. The van der Waals surface area contributed by atoms with Crippen LogP contribution >= 0.6 is 0 Å². The van der Waals surface area contributed by atoms with Gasteiger partial charge in [0.25, 0.3) is 0 Å². The summed E-state index contributed by atoms with van der Waals surface area (Å²) in [5.41, 5.74) is 0. The second-order valence-electron chi connectivity index (χ2n) is 4.08. The van der Waals surface area contributed by atoms with Crippen LogP contribution in [0, 0.1) is 24.2 Å². The number of methoxy groups -OCH3 is 1. The number of hydrogen-bond donors (Lipinski definition) is 0. The van der Waals surface area contributed by atoms with Gasteiger partial charge in [0, 0.05) is 26.1 Å². The number of ether oxygens (including phenoxy) is 1. The van der Waals surface area contributed by atoms with Gasteiger partial charge in [0.05, 0.1) is 0 Å².